The molecule has 20 heavy (non-hydrogen) atoms. The molecule has 6 heteroatoms. The van der Waals surface area contributed by atoms with E-state index in [-0.39, 0.29) is 11.3 Å². The highest BCUT2D eigenvalue weighted by molar-refractivity contribution is 5.88. The average molecular weight is 275 g/mol. The van der Waals surface area contributed by atoms with Gasteiger partial charge in [-0.05, 0) is 29.8 Å². The number of aromatic nitrogens is 2. The standard InChI is InChI=1S/C14H8F3N3/c15-14(16,17)12-3-4-13(20-9-12)11(7-18)6-10-2-1-5-19-8-10/h1-6,8-9H/b11-6-. The molecule has 0 aromatic carbocycles. The zero-order chi connectivity index (χ0) is 14.6. The third-order valence-electron chi connectivity index (χ3n) is 2.48. The lowest BCUT2D eigenvalue weighted by Gasteiger charge is -2.06. The monoisotopic (exact) mass is 275 g/mol. The number of halogens is 3. The Hall–Kier alpha value is -2.68. The molecule has 0 saturated heterocycles. The fourth-order valence-electron chi connectivity index (χ4n) is 1.51. The van der Waals surface area contributed by atoms with Crippen LogP contribution in [0.25, 0.3) is 11.6 Å². The van der Waals surface area contributed by atoms with E-state index in [9.17, 15) is 13.2 Å². The molecule has 0 fully saturated rings. The third kappa shape index (κ3) is 3.20. The maximum absolute atomic E-state index is 12.4. The Kier molecular flexibility index (Phi) is 3.80. The number of allylic oxidation sites excluding steroid dienone is 1. The van der Waals surface area contributed by atoms with Crippen molar-refractivity contribution in [2.75, 3.05) is 0 Å². The lowest BCUT2D eigenvalue weighted by atomic mass is 10.1. The molecule has 0 bridgehead atoms. The van der Waals surface area contributed by atoms with Crippen molar-refractivity contribution >= 4 is 11.6 Å². The molecule has 0 aliphatic rings. The Morgan fingerprint density at radius 3 is 2.50 bits per heavy atom. The zero-order valence-corrected chi connectivity index (χ0v) is 10.1. The zero-order valence-electron chi connectivity index (χ0n) is 10.1. The molecule has 0 N–H and O–H groups in total. The van der Waals surface area contributed by atoms with Crippen molar-refractivity contribution in [3.63, 3.8) is 0 Å². The lowest BCUT2D eigenvalue weighted by Crippen LogP contribution is -2.05. The summed E-state index contributed by atoms with van der Waals surface area (Å²) in [6.07, 6.45) is 0.916. The summed E-state index contributed by atoms with van der Waals surface area (Å²) in [5.74, 6) is 0. The highest BCUT2D eigenvalue weighted by Gasteiger charge is 2.30. The number of nitriles is 1. The van der Waals surface area contributed by atoms with E-state index in [4.69, 9.17) is 5.26 Å². The average Bonchev–Trinajstić information content (AvgIpc) is 2.45. The van der Waals surface area contributed by atoms with Crippen molar-refractivity contribution < 1.29 is 13.2 Å². The number of hydrogen-bond donors (Lipinski definition) is 0. The molecule has 2 aromatic rings. The van der Waals surface area contributed by atoms with Gasteiger partial charge in [0.1, 0.15) is 6.07 Å². The van der Waals surface area contributed by atoms with E-state index in [0.717, 1.165) is 6.07 Å². The highest BCUT2D eigenvalue weighted by atomic mass is 19.4. The van der Waals surface area contributed by atoms with Gasteiger partial charge in [-0.15, -0.1) is 0 Å². The Bertz CT molecular complexity index is 653. The molecule has 2 rings (SSSR count). The Morgan fingerprint density at radius 2 is 2.00 bits per heavy atom. The van der Waals surface area contributed by atoms with Crippen LogP contribution in [0.15, 0.2) is 42.9 Å². The van der Waals surface area contributed by atoms with Crippen molar-refractivity contribution in [2.45, 2.75) is 6.18 Å². The second kappa shape index (κ2) is 5.53. The minimum atomic E-state index is -4.44. The quantitative estimate of drug-likeness (QED) is 0.787. The smallest absolute Gasteiger partial charge is 0.264 e. The first kappa shape index (κ1) is 13.7. The molecule has 0 radical (unpaired) electrons. The minimum absolute atomic E-state index is 0.173. The van der Waals surface area contributed by atoms with E-state index >= 15 is 0 Å². The second-order valence-corrected chi connectivity index (χ2v) is 3.89. The fraction of sp³-hybridized carbons (Fsp3) is 0.0714. The molecule has 2 heterocycles. The largest absolute Gasteiger partial charge is 0.417 e. The first-order chi connectivity index (χ1) is 9.50. The first-order valence-electron chi connectivity index (χ1n) is 5.56. The molecule has 0 unspecified atom stereocenters. The van der Waals surface area contributed by atoms with Crippen molar-refractivity contribution in [3.05, 3.63) is 59.7 Å². The van der Waals surface area contributed by atoms with E-state index < -0.39 is 11.7 Å². The molecule has 0 atom stereocenters. The number of nitrogens with zero attached hydrogens (tertiary/aromatic N) is 3. The predicted octanol–water partition coefficient (Wildman–Crippen LogP) is 3.56. The molecule has 3 nitrogen and oxygen atoms in total. The normalized spacial score (nSPS) is 12.0. The number of alkyl halides is 3. The van der Waals surface area contributed by atoms with Crippen LogP contribution in [0.5, 0.6) is 0 Å². The highest BCUT2D eigenvalue weighted by Crippen LogP contribution is 2.29. The van der Waals surface area contributed by atoms with Gasteiger partial charge >= 0.3 is 6.18 Å². The van der Waals surface area contributed by atoms with E-state index in [1.807, 2.05) is 6.07 Å². The molecule has 2 aromatic heterocycles. The molecule has 0 amide bonds. The van der Waals surface area contributed by atoms with Gasteiger partial charge in [0.25, 0.3) is 0 Å². The van der Waals surface area contributed by atoms with Crippen molar-refractivity contribution in [3.8, 4) is 6.07 Å². The van der Waals surface area contributed by atoms with E-state index in [1.54, 1.807) is 24.5 Å². The summed E-state index contributed by atoms with van der Waals surface area (Å²) in [5.41, 5.74) is 0.182. The van der Waals surface area contributed by atoms with Gasteiger partial charge in [-0.3, -0.25) is 9.97 Å². The van der Waals surface area contributed by atoms with Crippen LogP contribution in [0.3, 0.4) is 0 Å². The molecular weight excluding hydrogens is 267 g/mol. The molecule has 100 valence electrons. The second-order valence-electron chi connectivity index (χ2n) is 3.89. The van der Waals surface area contributed by atoms with E-state index in [1.165, 1.54) is 12.1 Å². The molecular formula is C14H8F3N3. The number of hydrogen-bond acceptors (Lipinski definition) is 3. The van der Waals surface area contributed by atoms with Gasteiger partial charge in [0.15, 0.2) is 0 Å². The maximum atomic E-state index is 12.4. The van der Waals surface area contributed by atoms with Gasteiger partial charge in [0, 0.05) is 18.6 Å². The van der Waals surface area contributed by atoms with Crippen molar-refractivity contribution in [1.82, 2.24) is 9.97 Å². The molecule has 0 spiro atoms. The van der Waals surface area contributed by atoms with Gasteiger partial charge in [0.2, 0.25) is 0 Å². The fourth-order valence-corrected chi connectivity index (χ4v) is 1.51. The summed E-state index contributed by atoms with van der Waals surface area (Å²) in [6, 6.07) is 7.42. The summed E-state index contributed by atoms with van der Waals surface area (Å²) in [6.45, 7) is 0. The van der Waals surface area contributed by atoms with Gasteiger partial charge < -0.3 is 0 Å². The van der Waals surface area contributed by atoms with Crippen LogP contribution in [0, 0.1) is 11.3 Å². The van der Waals surface area contributed by atoms with Gasteiger partial charge in [-0.1, -0.05) is 6.07 Å². The molecule has 0 aliphatic carbocycles. The van der Waals surface area contributed by atoms with Crippen LogP contribution in [-0.4, -0.2) is 9.97 Å². The van der Waals surface area contributed by atoms with Crippen molar-refractivity contribution in [1.29, 1.82) is 5.26 Å². The van der Waals surface area contributed by atoms with E-state index in [2.05, 4.69) is 9.97 Å². The number of pyridine rings is 2. The van der Waals surface area contributed by atoms with Gasteiger partial charge in [0.05, 0.1) is 16.8 Å². The van der Waals surface area contributed by atoms with Gasteiger partial charge in [-0.25, -0.2) is 0 Å². The summed E-state index contributed by atoms with van der Waals surface area (Å²) >= 11 is 0. The Balaban J connectivity index is 2.34. The van der Waals surface area contributed by atoms with Crippen LogP contribution in [0.4, 0.5) is 13.2 Å². The number of rotatable bonds is 2. The van der Waals surface area contributed by atoms with Crippen molar-refractivity contribution in [2.24, 2.45) is 0 Å². The third-order valence-corrected chi connectivity index (χ3v) is 2.48. The summed E-state index contributed by atoms with van der Waals surface area (Å²) < 4.78 is 37.3. The SMILES string of the molecule is N#C/C(=C/c1cccnc1)c1ccc(C(F)(F)F)cn1. The van der Waals surface area contributed by atoms with Crippen LogP contribution >= 0.6 is 0 Å². The molecule has 0 saturated carbocycles. The van der Waals surface area contributed by atoms with E-state index in [0.29, 0.717) is 11.8 Å². The summed E-state index contributed by atoms with van der Waals surface area (Å²) in [7, 11) is 0. The maximum Gasteiger partial charge on any atom is 0.417 e. The lowest BCUT2D eigenvalue weighted by molar-refractivity contribution is -0.137. The minimum Gasteiger partial charge on any atom is -0.264 e. The Labute approximate surface area is 113 Å². The van der Waals surface area contributed by atoms with Crippen LogP contribution < -0.4 is 0 Å². The van der Waals surface area contributed by atoms with Crippen LogP contribution in [0.2, 0.25) is 0 Å². The predicted molar refractivity (Wildman–Crippen MR) is 67.0 cm³/mol. The molecule has 0 aliphatic heterocycles. The Morgan fingerprint density at radius 1 is 1.20 bits per heavy atom. The van der Waals surface area contributed by atoms with Gasteiger partial charge in [-0.2, -0.15) is 18.4 Å². The topological polar surface area (TPSA) is 49.6 Å². The first-order valence-corrected chi connectivity index (χ1v) is 5.56. The van der Waals surface area contributed by atoms with Crippen LogP contribution in [0.1, 0.15) is 16.8 Å². The summed E-state index contributed by atoms with van der Waals surface area (Å²) in [4.78, 5) is 7.57. The summed E-state index contributed by atoms with van der Waals surface area (Å²) in [5, 5.41) is 9.07. The van der Waals surface area contributed by atoms with Crippen LogP contribution in [-0.2, 0) is 6.18 Å².